The second-order valence-corrected chi connectivity index (χ2v) is 8.57. The highest BCUT2D eigenvalue weighted by molar-refractivity contribution is 7.86. The van der Waals surface area contributed by atoms with Gasteiger partial charge in [-0.1, -0.05) is 0 Å². The van der Waals surface area contributed by atoms with E-state index in [1.54, 1.807) is 0 Å². The van der Waals surface area contributed by atoms with Crippen molar-refractivity contribution in [3.05, 3.63) is 0 Å². The van der Waals surface area contributed by atoms with Crippen LogP contribution in [0.3, 0.4) is 0 Å². The maximum absolute atomic E-state index is 13.5. The monoisotopic (exact) mass is 338 g/mol. The summed E-state index contributed by atoms with van der Waals surface area (Å²) in [6.45, 7) is 0.793. The van der Waals surface area contributed by atoms with E-state index in [-0.39, 0.29) is 11.8 Å². The quantitative estimate of drug-likeness (QED) is 0.629. The van der Waals surface area contributed by atoms with Crippen LogP contribution in [0.25, 0.3) is 0 Å². The smallest absolute Gasteiger partial charge is 0.405 e. The molecular weight excluding hydrogens is 318 g/mol. The lowest BCUT2D eigenvalue weighted by atomic mass is 9.52. The highest BCUT2D eigenvalue weighted by atomic mass is 32.2. The number of hydrogen-bond acceptors (Lipinski definition) is 4. The molecule has 0 radical (unpaired) electrons. The molecule has 4 aliphatic rings. The van der Waals surface area contributed by atoms with Gasteiger partial charge in [-0.3, -0.25) is 9.35 Å². The van der Waals surface area contributed by atoms with Gasteiger partial charge in [0.1, 0.15) is 0 Å². The molecule has 0 heterocycles. The summed E-state index contributed by atoms with van der Waals surface area (Å²) in [7, 11) is -5.61. The minimum absolute atomic E-state index is 0.162. The molecule has 8 heteroatoms. The van der Waals surface area contributed by atoms with Gasteiger partial charge in [-0.15, -0.1) is 0 Å². The summed E-state index contributed by atoms with van der Waals surface area (Å²) in [4.78, 5) is 12.3. The van der Waals surface area contributed by atoms with Crippen molar-refractivity contribution in [3.8, 4) is 0 Å². The van der Waals surface area contributed by atoms with E-state index in [2.05, 4.69) is 0 Å². The predicted octanol–water partition coefficient (Wildman–Crippen LogP) is 2.47. The molecule has 4 aliphatic carbocycles. The molecule has 0 amide bonds. The molecule has 5 nitrogen and oxygen atoms in total. The molecular formula is C14H20F2O5S. The summed E-state index contributed by atoms with van der Waals surface area (Å²) in [5, 5.41) is -4.49. The lowest BCUT2D eigenvalue weighted by Crippen LogP contribution is -2.50. The Kier molecular flexibility index (Phi) is 3.75. The molecule has 4 saturated carbocycles. The van der Waals surface area contributed by atoms with E-state index in [0.717, 1.165) is 32.6 Å². The maximum atomic E-state index is 13.5. The van der Waals surface area contributed by atoms with Gasteiger partial charge in [0.05, 0.1) is 5.92 Å². The van der Waals surface area contributed by atoms with Crippen molar-refractivity contribution in [2.75, 3.05) is 0 Å². The van der Waals surface area contributed by atoms with Crippen LogP contribution < -0.4 is 0 Å². The number of carbonyl (C=O) groups is 1. The van der Waals surface area contributed by atoms with Gasteiger partial charge in [0.25, 0.3) is 0 Å². The molecule has 0 aromatic heterocycles. The third-order valence-corrected chi connectivity index (χ3v) is 6.63. The fourth-order valence-electron chi connectivity index (χ4n) is 4.84. The minimum atomic E-state index is -5.61. The zero-order valence-electron chi connectivity index (χ0n) is 12.2. The second-order valence-electron chi connectivity index (χ2n) is 7.07. The van der Waals surface area contributed by atoms with Gasteiger partial charge >= 0.3 is 21.3 Å². The molecule has 0 aromatic carbocycles. The summed E-state index contributed by atoms with van der Waals surface area (Å²) >= 11 is 0. The van der Waals surface area contributed by atoms with Gasteiger partial charge < -0.3 is 4.74 Å². The molecule has 4 bridgehead atoms. The molecule has 126 valence electrons. The first-order valence-corrected chi connectivity index (χ1v) is 9.09. The second kappa shape index (κ2) is 5.12. The van der Waals surface area contributed by atoms with Gasteiger partial charge in [0.15, 0.2) is 6.10 Å². The lowest BCUT2D eigenvalue weighted by Gasteiger charge is -2.53. The van der Waals surface area contributed by atoms with Crippen LogP contribution in [-0.4, -0.2) is 30.3 Å². The van der Waals surface area contributed by atoms with Crippen molar-refractivity contribution in [2.45, 2.75) is 50.4 Å². The minimum Gasteiger partial charge on any atom is -0.455 e. The number of alkyl halides is 2. The Morgan fingerprint density at radius 1 is 1.14 bits per heavy atom. The zero-order valence-corrected chi connectivity index (χ0v) is 13.1. The van der Waals surface area contributed by atoms with Crippen LogP contribution in [0.4, 0.5) is 8.78 Å². The fraction of sp³-hybridized carbons (Fsp3) is 0.929. The Morgan fingerprint density at radius 2 is 1.59 bits per heavy atom. The molecule has 1 unspecified atom stereocenters. The van der Waals surface area contributed by atoms with Gasteiger partial charge in [0, 0.05) is 0 Å². The van der Waals surface area contributed by atoms with Crippen molar-refractivity contribution in [1.29, 1.82) is 0 Å². The number of esters is 1. The molecule has 0 aliphatic heterocycles. The van der Waals surface area contributed by atoms with Crippen LogP contribution in [0.5, 0.6) is 0 Å². The Labute approximate surface area is 128 Å². The van der Waals surface area contributed by atoms with E-state index < -0.39 is 33.4 Å². The number of carbonyl (C=O) groups excluding carboxylic acids is 1. The van der Waals surface area contributed by atoms with E-state index in [4.69, 9.17) is 9.29 Å². The van der Waals surface area contributed by atoms with E-state index in [1.807, 2.05) is 0 Å². The number of ether oxygens (including phenoxy) is 1. The molecule has 0 aromatic rings. The third-order valence-electron chi connectivity index (χ3n) is 5.61. The van der Waals surface area contributed by atoms with Crippen molar-refractivity contribution in [1.82, 2.24) is 0 Å². The third kappa shape index (κ3) is 2.54. The largest absolute Gasteiger partial charge is 0.455 e. The normalized spacial score (nSPS) is 38.8. The Bertz CT molecular complexity index is 546. The summed E-state index contributed by atoms with van der Waals surface area (Å²) in [6.07, 6.45) is 2.70. The number of halogens is 2. The van der Waals surface area contributed by atoms with Crippen LogP contribution >= 0.6 is 0 Å². The Morgan fingerprint density at radius 3 is 2.00 bits per heavy atom. The molecule has 4 rings (SSSR count). The SMILES string of the molecule is CC(OC(=O)C1C2CC3CC(C2)CC1C3)C(F)(F)S(=O)(=O)O. The van der Waals surface area contributed by atoms with Crippen molar-refractivity contribution >= 4 is 16.1 Å². The van der Waals surface area contributed by atoms with E-state index >= 15 is 0 Å². The topological polar surface area (TPSA) is 80.7 Å². The standard InChI is InChI=1S/C14H20F2O5S/c1-7(14(15,16)22(18,19)20)21-13(17)12-10-3-8-2-9(5-10)6-11(12)4-8/h7-12H,2-6H2,1H3,(H,18,19,20). The van der Waals surface area contributed by atoms with Crippen LogP contribution in [0.15, 0.2) is 0 Å². The molecule has 1 N–H and O–H groups in total. The van der Waals surface area contributed by atoms with E-state index in [1.165, 1.54) is 6.42 Å². The van der Waals surface area contributed by atoms with Gasteiger partial charge in [-0.2, -0.15) is 17.2 Å². The molecule has 0 spiro atoms. The number of rotatable bonds is 4. The average molecular weight is 338 g/mol. The molecule has 1 atom stereocenters. The summed E-state index contributed by atoms with van der Waals surface area (Å²) in [5.74, 6) is 0.425. The maximum Gasteiger partial charge on any atom is 0.405 e. The molecule has 4 fully saturated rings. The average Bonchev–Trinajstić information content (AvgIpc) is 2.35. The summed E-state index contributed by atoms with van der Waals surface area (Å²) in [5.41, 5.74) is 0. The highest BCUT2D eigenvalue weighted by Gasteiger charge is 2.55. The zero-order chi connectivity index (χ0) is 16.3. The van der Waals surface area contributed by atoms with Gasteiger partial charge in [0.2, 0.25) is 0 Å². The molecule has 0 saturated heterocycles. The predicted molar refractivity (Wildman–Crippen MR) is 72.6 cm³/mol. The first-order valence-electron chi connectivity index (χ1n) is 7.65. The van der Waals surface area contributed by atoms with Gasteiger partial charge in [-0.25, -0.2) is 0 Å². The number of hydrogen-bond donors (Lipinski definition) is 1. The van der Waals surface area contributed by atoms with E-state index in [9.17, 15) is 22.0 Å². The summed E-state index contributed by atoms with van der Waals surface area (Å²) < 4.78 is 61.7. The van der Waals surface area contributed by atoms with Crippen LogP contribution in [0.1, 0.15) is 39.0 Å². The summed E-state index contributed by atoms with van der Waals surface area (Å²) in [6, 6.07) is 0. The highest BCUT2D eigenvalue weighted by Crippen LogP contribution is 2.56. The first kappa shape index (κ1) is 16.1. The van der Waals surface area contributed by atoms with E-state index in [0.29, 0.717) is 11.8 Å². The van der Waals surface area contributed by atoms with Crippen molar-refractivity contribution < 1.29 is 31.3 Å². The van der Waals surface area contributed by atoms with Gasteiger partial charge in [-0.05, 0) is 62.7 Å². The fourth-order valence-corrected chi connectivity index (χ4v) is 5.31. The van der Waals surface area contributed by atoms with Crippen LogP contribution in [0, 0.1) is 29.6 Å². The Balaban J connectivity index is 1.70. The first-order chi connectivity index (χ1) is 10.1. The molecule has 22 heavy (non-hydrogen) atoms. The van der Waals surface area contributed by atoms with Crippen molar-refractivity contribution in [3.63, 3.8) is 0 Å². The van der Waals surface area contributed by atoms with Crippen molar-refractivity contribution in [2.24, 2.45) is 29.6 Å². The van der Waals surface area contributed by atoms with Crippen LogP contribution in [-0.2, 0) is 19.6 Å². The lowest BCUT2D eigenvalue weighted by molar-refractivity contribution is -0.177. The Hall–Kier alpha value is -0.760. The van der Waals surface area contributed by atoms with Crippen LogP contribution in [0.2, 0.25) is 0 Å².